The van der Waals surface area contributed by atoms with Gasteiger partial charge in [-0.25, -0.2) is 4.79 Å². The van der Waals surface area contributed by atoms with E-state index in [1.807, 2.05) is 0 Å². The third kappa shape index (κ3) is 2.70. The smallest absolute Gasteiger partial charge is 0.325 e. The van der Waals surface area contributed by atoms with Gasteiger partial charge in [-0.1, -0.05) is 0 Å². The van der Waals surface area contributed by atoms with Crippen LogP contribution in [-0.2, 0) is 0 Å². The van der Waals surface area contributed by atoms with Gasteiger partial charge in [-0.15, -0.1) is 0 Å². The number of benzene rings is 1. The fourth-order valence-corrected chi connectivity index (χ4v) is 1.32. The molecule has 1 heterocycles. The minimum absolute atomic E-state index is 0.213. The Morgan fingerprint density at radius 1 is 1.11 bits per heavy atom. The van der Waals surface area contributed by atoms with Crippen molar-refractivity contribution < 1.29 is 4.74 Å². The van der Waals surface area contributed by atoms with Crippen LogP contribution in [0.2, 0.25) is 0 Å². The van der Waals surface area contributed by atoms with E-state index in [1.165, 1.54) is 6.20 Å². The van der Waals surface area contributed by atoms with E-state index in [2.05, 4.69) is 20.8 Å². The van der Waals surface area contributed by atoms with Gasteiger partial charge in [0.1, 0.15) is 11.4 Å². The number of methoxy groups -OCH3 is 1. The Kier molecular flexibility index (Phi) is 3.33. The van der Waals surface area contributed by atoms with Crippen LogP contribution in [0.3, 0.4) is 0 Å². The van der Waals surface area contributed by atoms with Crippen LogP contribution >= 0.6 is 0 Å². The van der Waals surface area contributed by atoms with E-state index < -0.39 is 11.2 Å². The maximum atomic E-state index is 11.4. The average molecular weight is 248 g/mol. The molecule has 0 radical (unpaired) electrons. The van der Waals surface area contributed by atoms with Gasteiger partial charge < -0.3 is 15.1 Å². The molecule has 18 heavy (non-hydrogen) atoms. The van der Waals surface area contributed by atoms with Gasteiger partial charge in [0.05, 0.1) is 12.8 Å². The number of hydrogen-bond acceptors (Lipinski definition) is 5. The van der Waals surface area contributed by atoms with E-state index >= 15 is 0 Å². The van der Waals surface area contributed by atoms with E-state index in [0.29, 0.717) is 0 Å². The summed E-state index contributed by atoms with van der Waals surface area (Å²) in [5, 5.41) is 0. The number of nitrogens with one attached hydrogen (secondary N) is 4. The minimum Gasteiger partial charge on any atom is -0.497 e. The molecule has 0 saturated heterocycles. The van der Waals surface area contributed by atoms with Gasteiger partial charge in [0.25, 0.3) is 5.56 Å². The lowest BCUT2D eigenvalue weighted by Gasteiger charge is -2.08. The van der Waals surface area contributed by atoms with Gasteiger partial charge in [-0.3, -0.25) is 15.2 Å². The van der Waals surface area contributed by atoms with Gasteiger partial charge >= 0.3 is 5.69 Å². The standard InChI is InChI=1S/C11H12N4O3/c1-18-8-4-2-7(3-5-8)14-15-9-6-12-11(17)13-10(9)16/h2-6,14-15H,1H3,(H2,12,13,16,17). The number of hydrazine groups is 1. The van der Waals surface area contributed by atoms with Crippen molar-refractivity contribution in [3.8, 4) is 5.75 Å². The second kappa shape index (κ2) is 5.09. The molecule has 0 atom stereocenters. The van der Waals surface area contributed by atoms with Crippen LogP contribution in [0.1, 0.15) is 0 Å². The minimum atomic E-state index is -0.546. The lowest BCUT2D eigenvalue weighted by molar-refractivity contribution is 0.415. The maximum absolute atomic E-state index is 11.4. The van der Waals surface area contributed by atoms with E-state index in [0.717, 1.165) is 11.4 Å². The second-order valence-corrected chi connectivity index (χ2v) is 3.46. The Hall–Kier alpha value is -2.70. The van der Waals surface area contributed by atoms with Crippen LogP contribution in [0.4, 0.5) is 11.4 Å². The highest BCUT2D eigenvalue weighted by Gasteiger charge is 1.99. The molecule has 0 spiro atoms. The number of ether oxygens (including phenoxy) is 1. The molecule has 94 valence electrons. The van der Waals surface area contributed by atoms with Gasteiger partial charge in [-0.05, 0) is 24.3 Å². The fraction of sp³-hybridized carbons (Fsp3) is 0.0909. The number of H-pyrrole nitrogens is 2. The number of rotatable bonds is 4. The van der Waals surface area contributed by atoms with Crippen LogP contribution in [0, 0.1) is 0 Å². The quantitative estimate of drug-likeness (QED) is 0.591. The zero-order chi connectivity index (χ0) is 13.0. The zero-order valence-corrected chi connectivity index (χ0v) is 9.61. The molecule has 0 amide bonds. The molecular weight excluding hydrogens is 236 g/mol. The Balaban J connectivity index is 2.06. The third-order valence-corrected chi connectivity index (χ3v) is 2.25. The number of anilines is 2. The highest BCUT2D eigenvalue weighted by molar-refractivity contribution is 5.51. The SMILES string of the molecule is COc1ccc(NNc2c[nH]c(=O)[nH]c2=O)cc1. The summed E-state index contributed by atoms with van der Waals surface area (Å²) >= 11 is 0. The van der Waals surface area contributed by atoms with Crippen LogP contribution in [0.5, 0.6) is 5.75 Å². The topological polar surface area (TPSA) is 99.0 Å². The summed E-state index contributed by atoms with van der Waals surface area (Å²) in [6.07, 6.45) is 1.29. The monoisotopic (exact) mass is 248 g/mol. The van der Waals surface area contributed by atoms with Crippen LogP contribution in [0.25, 0.3) is 0 Å². The molecule has 1 aromatic heterocycles. The first-order valence-corrected chi connectivity index (χ1v) is 5.17. The molecule has 4 N–H and O–H groups in total. The molecule has 2 rings (SSSR count). The van der Waals surface area contributed by atoms with E-state index in [4.69, 9.17) is 4.74 Å². The molecule has 0 aliphatic rings. The molecule has 0 aliphatic carbocycles. The Morgan fingerprint density at radius 3 is 2.44 bits per heavy atom. The van der Waals surface area contributed by atoms with Crippen molar-refractivity contribution >= 4 is 11.4 Å². The average Bonchev–Trinajstić information content (AvgIpc) is 2.38. The predicted molar refractivity (Wildman–Crippen MR) is 67.9 cm³/mol. The maximum Gasteiger partial charge on any atom is 0.325 e. The number of aromatic amines is 2. The van der Waals surface area contributed by atoms with E-state index in [9.17, 15) is 9.59 Å². The first-order chi connectivity index (χ1) is 8.69. The summed E-state index contributed by atoms with van der Waals surface area (Å²) in [6, 6.07) is 7.12. The molecule has 7 heteroatoms. The summed E-state index contributed by atoms with van der Waals surface area (Å²) < 4.78 is 5.02. The molecule has 1 aromatic carbocycles. The van der Waals surface area contributed by atoms with Crippen molar-refractivity contribution in [3.63, 3.8) is 0 Å². The van der Waals surface area contributed by atoms with Gasteiger partial charge in [0, 0.05) is 6.20 Å². The van der Waals surface area contributed by atoms with Crippen LogP contribution in [0.15, 0.2) is 40.1 Å². The van der Waals surface area contributed by atoms with Gasteiger partial charge in [0.2, 0.25) is 0 Å². The van der Waals surface area contributed by atoms with Gasteiger partial charge in [-0.2, -0.15) is 0 Å². The molecule has 0 fully saturated rings. The summed E-state index contributed by atoms with van der Waals surface area (Å²) in [5.41, 5.74) is 5.43. The molecule has 0 saturated carbocycles. The fourth-order valence-electron chi connectivity index (χ4n) is 1.32. The Labute approximate surface area is 102 Å². The lowest BCUT2D eigenvalue weighted by Crippen LogP contribution is -2.26. The third-order valence-electron chi connectivity index (χ3n) is 2.25. The van der Waals surface area contributed by atoms with Crippen molar-refractivity contribution in [2.75, 3.05) is 18.0 Å². The first kappa shape index (κ1) is 11.8. The zero-order valence-electron chi connectivity index (χ0n) is 9.61. The van der Waals surface area contributed by atoms with E-state index in [1.54, 1.807) is 31.4 Å². The number of aromatic nitrogens is 2. The number of hydrogen-bond donors (Lipinski definition) is 4. The normalized spacial score (nSPS) is 9.83. The first-order valence-electron chi connectivity index (χ1n) is 5.17. The van der Waals surface area contributed by atoms with Crippen LogP contribution < -0.4 is 26.8 Å². The van der Waals surface area contributed by atoms with Crippen molar-refractivity contribution in [2.45, 2.75) is 0 Å². The Morgan fingerprint density at radius 2 is 1.83 bits per heavy atom. The molecule has 2 aromatic rings. The molecule has 0 unspecified atom stereocenters. The summed E-state index contributed by atoms with van der Waals surface area (Å²) in [7, 11) is 1.58. The summed E-state index contributed by atoms with van der Waals surface area (Å²) in [4.78, 5) is 26.6. The molecule has 0 aliphatic heterocycles. The highest BCUT2D eigenvalue weighted by Crippen LogP contribution is 2.14. The van der Waals surface area contributed by atoms with Crippen molar-refractivity contribution in [2.24, 2.45) is 0 Å². The van der Waals surface area contributed by atoms with Crippen LogP contribution in [-0.4, -0.2) is 17.1 Å². The summed E-state index contributed by atoms with van der Waals surface area (Å²) in [5.74, 6) is 0.738. The van der Waals surface area contributed by atoms with Gasteiger partial charge in [0.15, 0.2) is 0 Å². The molecule has 7 nitrogen and oxygen atoms in total. The largest absolute Gasteiger partial charge is 0.497 e. The summed E-state index contributed by atoms with van der Waals surface area (Å²) in [6.45, 7) is 0. The second-order valence-electron chi connectivity index (χ2n) is 3.46. The highest BCUT2D eigenvalue weighted by atomic mass is 16.5. The predicted octanol–water partition coefficient (Wildman–Crippen LogP) is 0.511. The van der Waals surface area contributed by atoms with E-state index in [-0.39, 0.29) is 5.69 Å². The van der Waals surface area contributed by atoms with Crippen molar-refractivity contribution in [3.05, 3.63) is 51.3 Å². The van der Waals surface area contributed by atoms with Crippen molar-refractivity contribution in [1.29, 1.82) is 0 Å². The lowest BCUT2D eigenvalue weighted by atomic mass is 10.3. The molecule has 0 bridgehead atoms. The molecular formula is C11H12N4O3. The Bertz CT molecular complexity index is 630. The van der Waals surface area contributed by atoms with Crippen molar-refractivity contribution in [1.82, 2.24) is 9.97 Å².